The van der Waals surface area contributed by atoms with E-state index in [-0.39, 0.29) is 6.42 Å². The van der Waals surface area contributed by atoms with E-state index in [2.05, 4.69) is 10.6 Å². The van der Waals surface area contributed by atoms with Gasteiger partial charge < -0.3 is 15.4 Å². The molecule has 156 valence electrons. The van der Waals surface area contributed by atoms with Gasteiger partial charge in [-0.15, -0.1) is 0 Å². The van der Waals surface area contributed by atoms with E-state index in [4.69, 9.17) is 16.3 Å². The highest BCUT2D eigenvalue weighted by Crippen LogP contribution is 2.24. The number of methoxy groups -OCH3 is 1. The summed E-state index contributed by atoms with van der Waals surface area (Å²) < 4.78 is 30.6. The van der Waals surface area contributed by atoms with E-state index >= 15 is 0 Å². The number of aryl methyl sites for hydroxylation is 1. The highest BCUT2D eigenvalue weighted by Gasteiger charge is 2.33. The summed E-state index contributed by atoms with van der Waals surface area (Å²) >= 11 is 5.94. The molecule has 0 aliphatic heterocycles. The van der Waals surface area contributed by atoms with Crippen molar-refractivity contribution in [1.29, 1.82) is 0 Å². The Morgan fingerprint density at radius 2 is 1.79 bits per heavy atom. The Morgan fingerprint density at radius 1 is 1.10 bits per heavy atom. The lowest BCUT2D eigenvalue weighted by Crippen LogP contribution is -2.39. The van der Waals surface area contributed by atoms with Crippen LogP contribution in [0, 0.1) is 6.92 Å². The summed E-state index contributed by atoms with van der Waals surface area (Å²) in [4.78, 5) is 24.9. The first-order chi connectivity index (χ1) is 13.7. The third-order valence-corrected chi connectivity index (χ3v) is 6.58. The molecule has 0 saturated carbocycles. The number of halogens is 1. The standard InChI is InChI=1S/C20H23ClN2O5S/c1-4-18(20(25)23-16-11-14(21)10-9-13(16)2)29(26,27)12-19(24)22-15-7-5-6-8-17(15)28-3/h5-11,18H,4,12H2,1-3H3,(H,22,24)(H,23,25). The number of anilines is 2. The molecule has 0 aliphatic carbocycles. The van der Waals surface area contributed by atoms with Crippen molar-refractivity contribution >= 4 is 44.6 Å². The fourth-order valence-electron chi connectivity index (χ4n) is 2.76. The minimum Gasteiger partial charge on any atom is -0.495 e. The monoisotopic (exact) mass is 438 g/mol. The van der Waals surface area contributed by atoms with Crippen LogP contribution in [-0.4, -0.2) is 38.3 Å². The zero-order valence-corrected chi connectivity index (χ0v) is 17.9. The number of ether oxygens (including phenoxy) is 1. The van der Waals surface area contributed by atoms with Gasteiger partial charge >= 0.3 is 0 Å². The van der Waals surface area contributed by atoms with Gasteiger partial charge in [0.1, 0.15) is 16.8 Å². The molecule has 2 aromatic rings. The Hall–Kier alpha value is -2.58. The maximum Gasteiger partial charge on any atom is 0.242 e. The molecule has 0 aromatic heterocycles. The van der Waals surface area contributed by atoms with Crippen molar-refractivity contribution < 1.29 is 22.7 Å². The Labute approximate surface area is 175 Å². The number of rotatable bonds is 8. The normalized spacial score (nSPS) is 12.1. The SMILES string of the molecule is CCC(C(=O)Nc1cc(Cl)ccc1C)S(=O)(=O)CC(=O)Nc1ccccc1OC. The highest BCUT2D eigenvalue weighted by molar-refractivity contribution is 7.93. The summed E-state index contributed by atoms with van der Waals surface area (Å²) in [6.07, 6.45) is 0.0235. The predicted molar refractivity (Wildman–Crippen MR) is 114 cm³/mol. The van der Waals surface area contributed by atoms with Gasteiger partial charge in [0, 0.05) is 10.7 Å². The molecule has 7 nitrogen and oxygen atoms in total. The number of para-hydroxylation sites is 2. The molecule has 0 radical (unpaired) electrons. The molecule has 0 saturated heterocycles. The molecular formula is C20H23ClN2O5S. The van der Waals surface area contributed by atoms with E-state index in [9.17, 15) is 18.0 Å². The number of nitrogens with one attached hydrogen (secondary N) is 2. The molecule has 0 fully saturated rings. The maximum atomic E-state index is 12.7. The van der Waals surface area contributed by atoms with Crippen LogP contribution in [0.2, 0.25) is 5.02 Å². The van der Waals surface area contributed by atoms with Crippen LogP contribution < -0.4 is 15.4 Å². The topological polar surface area (TPSA) is 102 Å². The third-order valence-electron chi connectivity index (χ3n) is 4.27. The van der Waals surface area contributed by atoms with Crippen LogP contribution in [0.5, 0.6) is 5.75 Å². The molecule has 9 heteroatoms. The molecule has 0 spiro atoms. The Bertz CT molecular complexity index is 1010. The minimum atomic E-state index is -4.05. The summed E-state index contributed by atoms with van der Waals surface area (Å²) in [7, 11) is -2.61. The van der Waals surface area contributed by atoms with Crippen molar-refractivity contribution in [2.24, 2.45) is 0 Å². The number of carbonyl (C=O) groups excluding carboxylic acids is 2. The van der Waals surface area contributed by atoms with Gasteiger partial charge in [-0.2, -0.15) is 0 Å². The predicted octanol–water partition coefficient (Wildman–Crippen LogP) is 3.43. The van der Waals surface area contributed by atoms with Gasteiger partial charge in [-0.05, 0) is 43.2 Å². The van der Waals surface area contributed by atoms with Crippen LogP contribution in [0.3, 0.4) is 0 Å². The maximum absolute atomic E-state index is 12.7. The third kappa shape index (κ3) is 5.95. The van der Waals surface area contributed by atoms with Gasteiger partial charge in [0.2, 0.25) is 11.8 Å². The second-order valence-corrected chi connectivity index (χ2v) is 9.02. The van der Waals surface area contributed by atoms with Crippen LogP contribution in [0.1, 0.15) is 18.9 Å². The molecule has 0 heterocycles. The minimum absolute atomic E-state index is 0.0235. The van der Waals surface area contributed by atoms with Crippen LogP contribution >= 0.6 is 11.6 Å². The molecule has 29 heavy (non-hydrogen) atoms. The molecular weight excluding hydrogens is 416 g/mol. The molecule has 2 aromatic carbocycles. The Balaban J connectivity index is 2.13. The number of benzene rings is 2. The zero-order valence-electron chi connectivity index (χ0n) is 16.4. The van der Waals surface area contributed by atoms with Crippen molar-refractivity contribution in [2.45, 2.75) is 25.5 Å². The zero-order chi connectivity index (χ0) is 21.6. The van der Waals surface area contributed by atoms with Crippen molar-refractivity contribution in [3.8, 4) is 5.75 Å². The quantitative estimate of drug-likeness (QED) is 0.657. The number of sulfone groups is 1. The lowest BCUT2D eigenvalue weighted by atomic mass is 10.2. The number of carbonyl (C=O) groups is 2. The average Bonchev–Trinajstić information content (AvgIpc) is 2.64. The first-order valence-corrected chi connectivity index (χ1v) is 11.0. The first-order valence-electron chi connectivity index (χ1n) is 8.89. The lowest BCUT2D eigenvalue weighted by Gasteiger charge is -2.17. The fourth-order valence-corrected chi connectivity index (χ4v) is 4.47. The van der Waals surface area contributed by atoms with Crippen LogP contribution in [0.25, 0.3) is 0 Å². The molecule has 2 rings (SSSR count). The van der Waals surface area contributed by atoms with Gasteiger partial charge in [-0.1, -0.05) is 36.7 Å². The summed E-state index contributed by atoms with van der Waals surface area (Å²) in [5, 5.41) is 4.15. The molecule has 1 atom stereocenters. The lowest BCUT2D eigenvalue weighted by molar-refractivity contribution is -0.115. The first kappa shape index (κ1) is 22.7. The van der Waals surface area contributed by atoms with Gasteiger partial charge in [-0.25, -0.2) is 8.42 Å². The van der Waals surface area contributed by atoms with Crippen LogP contribution in [0.4, 0.5) is 11.4 Å². The Morgan fingerprint density at radius 3 is 2.45 bits per heavy atom. The van der Waals surface area contributed by atoms with Crippen molar-refractivity contribution in [1.82, 2.24) is 0 Å². The molecule has 0 bridgehead atoms. The summed E-state index contributed by atoms with van der Waals surface area (Å²) in [5.74, 6) is -1.88. The number of amides is 2. The van der Waals surface area contributed by atoms with Gasteiger partial charge in [0.15, 0.2) is 9.84 Å². The van der Waals surface area contributed by atoms with E-state index in [0.717, 1.165) is 5.56 Å². The molecule has 0 aliphatic rings. The van der Waals surface area contributed by atoms with Crippen molar-refractivity contribution in [2.75, 3.05) is 23.5 Å². The van der Waals surface area contributed by atoms with Crippen molar-refractivity contribution in [3.63, 3.8) is 0 Å². The second-order valence-electron chi connectivity index (χ2n) is 6.40. The number of hydrogen-bond donors (Lipinski definition) is 2. The molecule has 1 unspecified atom stereocenters. The largest absolute Gasteiger partial charge is 0.495 e. The molecule has 2 amide bonds. The fraction of sp³-hybridized carbons (Fsp3) is 0.300. The number of hydrogen-bond acceptors (Lipinski definition) is 5. The summed E-state index contributed by atoms with van der Waals surface area (Å²) in [5.41, 5.74) is 1.51. The second kappa shape index (κ2) is 9.76. The van der Waals surface area contributed by atoms with E-state index < -0.39 is 32.7 Å². The van der Waals surface area contributed by atoms with Gasteiger partial charge in [0.05, 0.1) is 12.8 Å². The molecule has 2 N–H and O–H groups in total. The van der Waals surface area contributed by atoms with E-state index in [1.54, 1.807) is 56.3 Å². The highest BCUT2D eigenvalue weighted by atomic mass is 35.5. The van der Waals surface area contributed by atoms with E-state index in [1.807, 2.05) is 0 Å². The van der Waals surface area contributed by atoms with Crippen LogP contribution in [-0.2, 0) is 19.4 Å². The van der Waals surface area contributed by atoms with E-state index in [0.29, 0.717) is 22.1 Å². The van der Waals surface area contributed by atoms with Crippen LogP contribution in [0.15, 0.2) is 42.5 Å². The van der Waals surface area contributed by atoms with E-state index in [1.165, 1.54) is 7.11 Å². The van der Waals surface area contributed by atoms with Gasteiger partial charge in [0.25, 0.3) is 0 Å². The summed E-state index contributed by atoms with van der Waals surface area (Å²) in [6.45, 7) is 3.34. The average molecular weight is 439 g/mol. The van der Waals surface area contributed by atoms with Gasteiger partial charge in [-0.3, -0.25) is 9.59 Å². The van der Waals surface area contributed by atoms with Crippen molar-refractivity contribution in [3.05, 3.63) is 53.1 Å². The smallest absolute Gasteiger partial charge is 0.242 e. The Kier molecular flexibility index (Phi) is 7.64. The summed E-state index contributed by atoms with van der Waals surface area (Å²) in [6, 6.07) is 11.6.